The van der Waals surface area contributed by atoms with Gasteiger partial charge in [0.05, 0.1) is 28.9 Å². The summed E-state index contributed by atoms with van der Waals surface area (Å²) in [5, 5.41) is 12.8. The number of carbonyl (C=O) groups is 1. The molecule has 2 N–H and O–H groups in total. The van der Waals surface area contributed by atoms with Crippen LogP contribution < -0.4 is 20.9 Å². The molecular weight excluding hydrogens is 320 g/mol. The highest BCUT2D eigenvalue weighted by Gasteiger charge is 2.07. The van der Waals surface area contributed by atoms with E-state index in [0.29, 0.717) is 22.0 Å². The maximum atomic E-state index is 12.7. The number of nitrogens with zero attached hydrogens (tertiary/aromatic N) is 1. The molecule has 6 heteroatoms. The molecule has 3 rings (SSSR count). The topological polar surface area (TPSA) is 84.3 Å². The Labute approximate surface area is 142 Å². The van der Waals surface area contributed by atoms with Crippen molar-refractivity contribution in [1.29, 1.82) is 0 Å². The third-order valence-corrected chi connectivity index (χ3v) is 3.78. The molecule has 0 bridgehead atoms. The number of benzene rings is 2. The second kappa shape index (κ2) is 6.52. The van der Waals surface area contributed by atoms with Crippen LogP contribution in [0.15, 0.2) is 53.3 Å². The zero-order valence-electron chi connectivity index (χ0n) is 13.5. The summed E-state index contributed by atoms with van der Waals surface area (Å²) in [6.45, 7) is 3.88. The van der Waals surface area contributed by atoms with E-state index in [1.807, 2.05) is 24.3 Å². The minimum atomic E-state index is -1.02. The molecule has 2 aromatic carbocycles. The number of carboxylic acids is 1. The Morgan fingerprint density at radius 2 is 1.96 bits per heavy atom. The number of methoxy groups -OCH3 is 1. The zero-order valence-corrected chi connectivity index (χ0v) is 13.5. The van der Waals surface area contributed by atoms with Crippen LogP contribution in [-0.4, -0.2) is 28.0 Å². The average Bonchev–Trinajstić information content (AvgIpc) is 2.90. The Bertz CT molecular complexity index is 1090. The second-order valence-corrected chi connectivity index (χ2v) is 5.42. The third-order valence-electron chi connectivity index (χ3n) is 3.78. The lowest BCUT2D eigenvalue weighted by atomic mass is 10.2. The normalized spacial score (nSPS) is 11.5. The quantitative estimate of drug-likeness (QED) is 0.747. The van der Waals surface area contributed by atoms with Crippen LogP contribution in [-0.2, 0) is 0 Å². The van der Waals surface area contributed by atoms with E-state index >= 15 is 0 Å². The maximum absolute atomic E-state index is 12.7. The first-order chi connectivity index (χ1) is 12.0. The lowest BCUT2D eigenvalue weighted by Crippen LogP contribution is -2.33. The van der Waals surface area contributed by atoms with Gasteiger partial charge in [0.1, 0.15) is 5.75 Å². The third kappa shape index (κ3) is 3.23. The molecule has 3 aromatic rings. The Morgan fingerprint density at radius 1 is 1.24 bits per heavy atom. The fraction of sp³-hybridized carbons (Fsp3) is 0.0526. The summed E-state index contributed by atoms with van der Waals surface area (Å²) in [5.74, 6) is -0.324. The molecule has 0 saturated heterocycles. The Kier molecular flexibility index (Phi) is 4.26. The standard InChI is InChI=1S/C19H16N2O4/c1-12-17(11-13-4-3-5-16(10-13)25-2)18(22)21(20-12)15-8-6-14(7-9-15)19(23)24/h3-11,20H,1H2,2H3,(H,23,24)/b17-11+. The van der Waals surface area contributed by atoms with Crippen LogP contribution in [0.4, 0.5) is 0 Å². The van der Waals surface area contributed by atoms with Gasteiger partial charge in [-0.3, -0.25) is 9.89 Å². The largest absolute Gasteiger partial charge is 0.497 e. The van der Waals surface area contributed by atoms with Gasteiger partial charge in [-0.05, 0) is 48.0 Å². The van der Waals surface area contributed by atoms with Gasteiger partial charge < -0.3 is 9.84 Å². The summed E-state index contributed by atoms with van der Waals surface area (Å²) >= 11 is 0. The van der Waals surface area contributed by atoms with E-state index in [9.17, 15) is 9.59 Å². The summed E-state index contributed by atoms with van der Waals surface area (Å²) in [4.78, 5) is 23.6. The molecule has 0 unspecified atom stereocenters. The Morgan fingerprint density at radius 3 is 2.60 bits per heavy atom. The van der Waals surface area contributed by atoms with Crippen LogP contribution in [0, 0.1) is 0 Å². The van der Waals surface area contributed by atoms with Crippen LogP contribution >= 0.6 is 0 Å². The fourth-order valence-electron chi connectivity index (χ4n) is 2.48. The van der Waals surface area contributed by atoms with Gasteiger partial charge in [-0.1, -0.05) is 18.7 Å². The molecule has 0 radical (unpaired) electrons. The number of aromatic amines is 1. The van der Waals surface area contributed by atoms with E-state index in [4.69, 9.17) is 9.84 Å². The van der Waals surface area contributed by atoms with Gasteiger partial charge in [0, 0.05) is 0 Å². The first-order valence-electron chi connectivity index (χ1n) is 7.49. The smallest absolute Gasteiger partial charge is 0.335 e. The van der Waals surface area contributed by atoms with Gasteiger partial charge in [0.25, 0.3) is 5.56 Å². The lowest BCUT2D eigenvalue weighted by Gasteiger charge is -2.01. The first kappa shape index (κ1) is 16.3. The summed E-state index contributed by atoms with van der Waals surface area (Å²) in [7, 11) is 1.58. The number of H-pyrrole nitrogens is 1. The van der Waals surface area contributed by atoms with Crippen molar-refractivity contribution < 1.29 is 14.6 Å². The summed E-state index contributed by atoms with van der Waals surface area (Å²) in [6.07, 6.45) is 1.73. The number of aromatic carboxylic acids is 1. The van der Waals surface area contributed by atoms with E-state index < -0.39 is 5.97 Å². The van der Waals surface area contributed by atoms with Crippen LogP contribution in [0.5, 0.6) is 5.75 Å². The van der Waals surface area contributed by atoms with Crippen molar-refractivity contribution in [2.75, 3.05) is 7.11 Å². The lowest BCUT2D eigenvalue weighted by molar-refractivity contribution is 0.0697. The van der Waals surface area contributed by atoms with E-state index in [0.717, 1.165) is 5.56 Å². The number of nitrogens with one attached hydrogen (secondary N) is 1. The highest BCUT2D eigenvalue weighted by Crippen LogP contribution is 2.12. The SMILES string of the molecule is C=c1[nH]n(-c2ccc(C(=O)O)cc2)c(=O)/c1=C/c1cccc(OC)c1. The van der Waals surface area contributed by atoms with Crippen LogP contribution in [0.2, 0.25) is 0 Å². The Hall–Kier alpha value is -3.54. The average molecular weight is 336 g/mol. The number of hydrogen-bond acceptors (Lipinski definition) is 3. The van der Waals surface area contributed by atoms with Gasteiger partial charge in [-0.25, -0.2) is 9.48 Å². The van der Waals surface area contributed by atoms with Crippen molar-refractivity contribution >= 4 is 18.6 Å². The van der Waals surface area contributed by atoms with E-state index in [1.54, 1.807) is 25.3 Å². The van der Waals surface area contributed by atoms with Gasteiger partial charge in [0.15, 0.2) is 0 Å². The second-order valence-electron chi connectivity index (χ2n) is 5.42. The minimum absolute atomic E-state index is 0.154. The van der Waals surface area contributed by atoms with Crippen LogP contribution in [0.1, 0.15) is 15.9 Å². The summed E-state index contributed by atoms with van der Waals surface area (Å²) in [6, 6.07) is 13.4. The molecule has 0 amide bonds. The van der Waals surface area contributed by atoms with Gasteiger partial charge in [-0.15, -0.1) is 0 Å². The molecule has 25 heavy (non-hydrogen) atoms. The number of hydrogen-bond donors (Lipinski definition) is 2. The van der Waals surface area contributed by atoms with Crippen LogP contribution in [0.25, 0.3) is 18.3 Å². The van der Waals surface area contributed by atoms with Crippen molar-refractivity contribution in [1.82, 2.24) is 9.78 Å². The Balaban J connectivity index is 2.09. The number of ether oxygens (including phenoxy) is 1. The van der Waals surface area contributed by atoms with E-state index in [2.05, 4.69) is 11.7 Å². The van der Waals surface area contributed by atoms with Crippen molar-refractivity contribution in [2.24, 2.45) is 0 Å². The van der Waals surface area contributed by atoms with Crippen molar-refractivity contribution in [2.45, 2.75) is 0 Å². The van der Waals surface area contributed by atoms with E-state index in [1.165, 1.54) is 16.8 Å². The molecule has 0 spiro atoms. The highest BCUT2D eigenvalue weighted by molar-refractivity contribution is 5.87. The molecule has 6 nitrogen and oxygen atoms in total. The summed E-state index contributed by atoms with van der Waals surface area (Å²) in [5.41, 5.74) is 1.23. The zero-order chi connectivity index (χ0) is 18.0. The molecule has 0 aliphatic carbocycles. The fourth-order valence-corrected chi connectivity index (χ4v) is 2.48. The van der Waals surface area contributed by atoms with Crippen LogP contribution in [0.3, 0.4) is 0 Å². The molecule has 1 aromatic heterocycles. The molecule has 126 valence electrons. The van der Waals surface area contributed by atoms with Gasteiger partial charge in [0.2, 0.25) is 0 Å². The monoisotopic (exact) mass is 336 g/mol. The van der Waals surface area contributed by atoms with Gasteiger partial charge in [-0.2, -0.15) is 0 Å². The van der Waals surface area contributed by atoms with Crippen molar-refractivity contribution in [3.05, 3.63) is 80.6 Å². The molecule has 0 fully saturated rings. The van der Waals surface area contributed by atoms with Crippen molar-refractivity contribution in [3.8, 4) is 11.4 Å². The molecule has 0 aliphatic rings. The first-order valence-corrected chi connectivity index (χ1v) is 7.49. The van der Waals surface area contributed by atoms with Gasteiger partial charge >= 0.3 is 5.97 Å². The number of rotatable bonds is 4. The number of aromatic nitrogens is 2. The molecule has 0 aliphatic heterocycles. The molecular formula is C19H16N2O4. The van der Waals surface area contributed by atoms with E-state index in [-0.39, 0.29) is 11.1 Å². The molecule has 0 atom stereocenters. The highest BCUT2D eigenvalue weighted by atomic mass is 16.5. The predicted octanol–water partition coefficient (Wildman–Crippen LogP) is 1.11. The molecule has 0 saturated carbocycles. The van der Waals surface area contributed by atoms with Crippen molar-refractivity contribution in [3.63, 3.8) is 0 Å². The summed E-state index contributed by atoms with van der Waals surface area (Å²) < 4.78 is 6.52. The number of carboxylic acid groups (broad SMARTS) is 1. The molecule has 1 heterocycles. The minimum Gasteiger partial charge on any atom is -0.497 e. The maximum Gasteiger partial charge on any atom is 0.335 e. The predicted molar refractivity (Wildman–Crippen MR) is 94.7 cm³/mol.